The second kappa shape index (κ2) is 11.3. The van der Waals surface area contributed by atoms with Gasteiger partial charge in [-0.15, -0.1) is 0 Å². The molecular weight excluding hydrogens is 583 g/mol. The van der Waals surface area contributed by atoms with E-state index in [2.05, 4.69) is 130 Å². The van der Waals surface area contributed by atoms with Gasteiger partial charge in [0, 0.05) is 26.6 Å². The minimum absolute atomic E-state index is 0.0379. The fourth-order valence-electron chi connectivity index (χ4n) is 7.17. The van der Waals surface area contributed by atoms with E-state index in [0.29, 0.717) is 11.3 Å². The Bertz CT molecular complexity index is 2450. The van der Waals surface area contributed by atoms with E-state index >= 15 is 0 Å². The zero-order chi connectivity index (χ0) is 36.8. The van der Waals surface area contributed by atoms with Crippen molar-refractivity contribution >= 4 is 43.5 Å². The van der Waals surface area contributed by atoms with Gasteiger partial charge in [0.05, 0.1) is 5.69 Å². The summed E-state index contributed by atoms with van der Waals surface area (Å²) in [6.45, 7) is 19.9. The number of benzene rings is 5. The van der Waals surface area contributed by atoms with E-state index in [1.165, 1.54) is 21.9 Å². The van der Waals surface area contributed by atoms with E-state index in [1.807, 2.05) is 18.2 Å². The number of hydrogen-bond donors (Lipinski definition) is 0. The summed E-state index contributed by atoms with van der Waals surface area (Å²) in [5.74, 6) is 0.369. The van der Waals surface area contributed by atoms with Crippen molar-refractivity contribution < 1.29 is 8.53 Å². The largest absolute Gasteiger partial charge is 0.455 e. The van der Waals surface area contributed by atoms with Crippen molar-refractivity contribution in [1.29, 1.82) is 0 Å². The number of pyridine rings is 1. The van der Waals surface area contributed by atoms with Crippen LogP contribution in [0.15, 0.2) is 89.5 Å². The summed E-state index contributed by atoms with van der Waals surface area (Å²) in [6.07, 6.45) is 1.57. The number of aryl methyl sites for hydroxylation is 1. The molecule has 0 aliphatic carbocycles. The highest BCUT2D eigenvalue weighted by Crippen LogP contribution is 2.44. The molecule has 0 atom stereocenters. The second-order valence-corrected chi connectivity index (χ2v) is 16.3. The zero-order valence-corrected chi connectivity index (χ0v) is 30.1. The third-order valence-corrected chi connectivity index (χ3v) is 10.1. The van der Waals surface area contributed by atoms with Crippen LogP contribution in [-0.4, -0.2) is 4.98 Å². The Balaban J connectivity index is 1.49. The zero-order valence-electron chi connectivity index (χ0n) is 33.1. The first-order valence-corrected chi connectivity index (χ1v) is 17.3. The average molecular weight is 635 g/mol. The van der Waals surface area contributed by atoms with E-state index in [4.69, 9.17) is 13.5 Å². The van der Waals surface area contributed by atoms with Crippen molar-refractivity contribution in [2.45, 2.75) is 98.8 Å². The molecule has 0 saturated carbocycles. The van der Waals surface area contributed by atoms with Gasteiger partial charge in [-0.3, -0.25) is 4.98 Å². The molecule has 2 aromatic heterocycles. The van der Waals surface area contributed by atoms with Gasteiger partial charge in [-0.25, -0.2) is 0 Å². The standard InChI is InChI=1S/C46H49NO/c1-26(2)35-21-32(46(9,10)11)22-36(27(3)4)43(35)37-23-41(47-25-28(37)5)34-14-12-13-33-40-19-30-16-15-29-17-18-31(45(6,7)8)20-38(29)39(30)24-42(40)48-44(33)34/h12-27H,1-11H3/i5D3. The predicted molar refractivity (Wildman–Crippen MR) is 208 cm³/mol. The second-order valence-electron chi connectivity index (χ2n) is 16.3. The van der Waals surface area contributed by atoms with Gasteiger partial charge in [-0.1, -0.05) is 118 Å². The fraction of sp³-hybridized carbons (Fsp3) is 0.326. The Labute approximate surface area is 290 Å². The van der Waals surface area contributed by atoms with Crippen molar-refractivity contribution in [3.8, 4) is 22.4 Å². The maximum atomic E-state index is 8.59. The Kier molecular flexibility index (Phi) is 6.75. The first kappa shape index (κ1) is 28.6. The molecule has 7 rings (SSSR count). The molecule has 2 heterocycles. The Morgan fingerprint density at radius 2 is 1.27 bits per heavy atom. The highest BCUT2D eigenvalue weighted by Gasteiger charge is 2.24. The fourth-order valence-corrected chi connectivity index (χ4v) is 7.17. The highest BCUT2D eigenvalue weighted by molar-refractivity contribution is 6.17. The predicted octanol–water partition coefficient (Wildman–Crippen LogP) is 13.8. The van der Waals surface area contributed by atoms with Crippen LogP contribution in [0.3, 0.4) is 0 Å². The number of hydrogen-bond acceptors (Lipinski definition) is 2. The average Bonchev–Trinajstić information content (AvgIpc) is 3.42. The minimum Gasteiger partial charge on any atom is -0.455 e. The maximum absolute atomic E-state index is 8.59. The van der Waals surface area contributed by atoms with E-state index in [0.717, 1.165) is 55.0 Å². The number of rotatable bonds is 4. The summed E-state index contributed by atoms with van der Waals surface area (Å²) in [6, 6.07) is 28.3. The topological polar surface area (TPSA) is 26.0 Å². The van der Waals surface area contributed by atoms with Crippen LogP contribution in [0.25, 0.3) is 65.9 Å². The van der Waals surface area contributed by atoms with Crippen molar-refractivity contribution in [3.05, 3.63) is 113 Å². The van der Waals surface area contributed by atoms with Gasteiger partial charge in [0.25, 0.3) is 0 Å². The van der Waals surface area contributed by atoms with E-state index in [1.54, 1.807) is 6.20 Å². The number of furan rings is 1. The summed E-state index contributed by atoms with van der Waals surface area (Å²) < 4.78 is 32.5. The molecule has 0 radical (unpaired) electrons. The lowest BCUT2D eigenvalue weighted by Gasteiger charge is -2.27. The van der Waals surface area contributed by atoms with Crippen LogP contribution >= 0.6 is 0 Å². The molecule has 0 N–H and O–H groups in total. The third kappa shape index (κ3) is 5.40. The monoisotopic (exact) mass is 634 g/mol. The lowest BCUT2D eigenvalue weighted by molar-refractivity contribution is 0.586. The van der Waals surface area contributed by atoms with Gasteiger partial charge >= 0.3 is 0 Å². The maximum Gasteiger partial charge on any atom is 0.144 e. The van der Waals surface area contributed by atoms with Crippen LogP contribution in [-0.2, 0) is 10.8 Å². The molecule has 0 saturated heterocycles. The Morgan fingerprint density at radius 3 is 1.92 bits per heavy atom. The number of aromatic nitrogens is 1. The summed E-state index contributed by atoms with van der Waals surface area (Å²) in [5, 5.41) is 6.81. The SMILES string of the molecule is [2H]C([2H])([2H])c1cnc(-c2cccc3c2oc2cc4c(ccc5ccc(C(C)(C)C)cc54)cc23)cc1-c1c(C(C)C)cc(C(C)(C)C)cc1C(C)C. The number of para-hydroxylation sites is 1. The molecule has 0 aliphatic heterocycles. The Hall–Kier alpha value is -4.43. The van der Waals surface area contributed by atoms with Gasteiger partial charge in [-0.2, -0.15) is 0 Å². The molecule has 2 nitrogen and oxygen atoms in total. The Morgan fingerprint density at radius 1 is 0.625 bits per heavy atom. The summed E-state index contributed by atoms with van der Waals surface area (Å²) in [4.78, 5) is 4.84. The lowest BCUT2D eigenvalue weighted by Crippen LogP contribution is -2.14. The van der Waals surface area contributed by atoms with Crippen LogP contribution < -0.4 is 0 Å². The molecule has 0 amide bonds. The molecule has 0 spiro atoms. The van der Waals surface area contributed by atoms with Crippen LogP contribution in [0, 0.1) is 6.85 Å². The molecule has 7 aromatic rings. The minimum atomic E-state index is -2.34. The molecular formula is C46H49NO. The first-order chi connectivity index (χ1) is 23.8. The van der Waals surface area contributed by atoms with Crippen molar-refractivity contribution in [1.82, 2.24) is 4.98 Å². The van der Waals surface area contributed by atoms with Crippen LogP contribution in [0.2, 0.25) is 0 Å². The summed E-state index contributed by atoms with van der Waals surface area (Å²) in [5.41, 5.74) is 9.94. The summed E-state index contributed by atoms with van der Waals surface area (Å²) >= 11 is 0. The lowest BCUT2D eigenvalue weighted by atomic mass is 9.77. The van der Waals surface area contributed by atoms with Crippen LogP contribution in [0.4, 0.5) is 0 Å². The molecule has 0 bridgehead atoms. The molecule has 244 valence electrons. The van der Waals surface area contributed by atoms with Gasteiger partial charge < -0.3 is 4.42 Å². The van der Waals surface area contributed by atoms with Crippen molar-refractivity contribution in [2.24, 2.45) is 0 Å². The van der Waals surface area contributed by atoms with E-state index in [9.17, 15) is 0 Å². The molecule has 5 aromatic carbocycles. The quantitative estimate of drug-likeness (QED) is 0.180. The number of nitrogens with zero attached hydrogens (tertiary/aromatic N) is 1. The van der Waals surface area contributed by atoms with E-state index < -0.39 is 6.85 Å². The van der Waals surface area contributed by atoms with Gasteiger partial charge in [0.1, 0.15) is 11.2 Å². The first-order valence-electron chi connectivity index (χ1n) is 18.8. The molecule has 48 heavy (non-hydrogen) atoms. The smallest absolute Gasteiger partial charge is 0.144 e. The van der Waals surface area contributed by atoms with Crippen LogP contribution in [0.1, 0.15) is 113 Å². The molecule has 0 fully saturated rings. The van der Waals surface area contributed by atoms with E-state index in [-0.39, 0.29) is 28.2 Å². The van der Waals surface area contributed by atoms with Gasteiger partial charge in [0.2, 0.25) is 0 Å². The highest BCUT2D eigenvalue weighted by atomic mass is 16.3. The van der Waals surface area contributed by atoms with Crippen LogP contribution in [0.5, 0.6) is 0 Å². The number of fused-ring (bicyclic) bond motifs is 6. The third-order valence-electron chi connectivity index (χ3n) is 10.1. The van der Waals surface area contributed by atoms with Crippen molar-refractivity contribution in [3.63, 3.8) is 0 Å². The molecule has 0 aliphatic rings. The van der Waals surface area contributed by atoms with Crippen molar-refractivity contribution in [2.75, 3.05) is 0 Å². The molecule has 2 heteroatoms. The van der Waals surface area contributed by atoms with Gasteiger partial charge in [0.15, 0.2) is 0 Å². The van der Waals surface area contributed by atoms with Gasteiger partial charge in [-0.05, 0) is 120 Å². The summed E-state index contributed by atoms with van der Waals surface area (Å²) in [7, 11) is 0. The molecule has 0 unspecified atom stereocenters. The normalized spacial score (nSPS) is 14.0.